The highest BCUT2D eigenvalue weighted by molar-refractivity contribution is 6.06. The largest absolute Gasteiger partial charge is 0.494 e. The van der Waals surface area contributed by atoms with Crippen LogP contribution in [-0.2, 0) is 14.4 Å². The van der Waals surface area contributed by atoms with Crippen molar-refractivity contribution in [2.45, 2.75) is 57.9 Å². The summed E-state index contributed by atoms with van der Waals surface area (Å²) in [5.74, 6) is 1.67. The zero-order chi connectivity index (χ0) is 20.8. The van der Waals surface area contributed by atoms with Gasteiger partial charge in [0.1, 0.15) is 5.75 Å². The van der Waals surface area contributed by atoms with Gasteiger partial charge in [-0.2, -0.15) is 0 Å². The third-order valence-corrected chi connectivity index (χ3v) is 7.83. The first-order valence-corrected chi connectivity index (χ1v) is 11.5. The summed E-state index contributed by atoms with van der Waals surface area (Å²) in [6.07, 6.45) is 6.17. The van der Waals surface area contributed by atoms with Crippen LogP contribution in [0.3, 0.4) is 0 Å². The van der Waals surface area contributed by atoms with E-state index in [1.165, 1.54) is 0 Å². The highest BCUT2D eigenvalue weighted by Crippen LogP contribution is 2.56. The monoisotopic (exact) mass is 410 g/mol. The highest BCUT2D eigenvalue weighted by atomic mass is 16.5. The van der Waals surface area contributed by atoms with Crippen molar-refractivity contribution < 1.29 is 19.1 Å². The summed E-state index contributed by atoms with van der Waals surface area (Å²) in [6.45, 7) is 2.55. The van der Waals surface area contributed by atoms with Gasteiger partial charge < -0.3 is 10.1 Å². The maximum absolute atomic E-state index is 13.0. The van der Waals surface area contributed by atoms with Gasteiger partial charge in [0, 0.05) is 17.6 Å². The minimum absolute atomic E-state index is 0.0200. The van der Waals surface area contributed by atoms with E-state index >= 15 is 0 Å². The third kappa shape index (κ3) is 3.21. The van der Waals surface area contributed by atoms with Crippen molar-refractivity contribution in [2.24, 2.45) is 29.6 Å². The van der Waals surface area contributed by atoms with Crippen molar-refractivity contribution in [3.63, 3.8) is 0 Å². The van der Waals surface area contributed by atoms with Gasteiger partial charge in [0.15, 0.2) is 0 Å². The number of carbonyl (C=O) groups is 3. The maximum Gasteiger partial charge on any atom is 0.233 e. The molecule has 160 valence electrons. The van der Waals surface area contributed by atoms with Gasteiger partial charge in [-0.3, -0.25) is 19.3 Å². The molecule has 0 radical (unpaired) electrons. The van der Waals surface area contributed by atoms with E-state index in [-0.39, 0.29) is 41.5 Å². The fourth-order valence-electron chi connectivity index (χ4n) is 6.43. The molecule has 3 aliphatic carbocycles. The first-order chi connectivity index (χ1) is 14.6. The van der Waals surface area contributed by atoms with E-state index in [1.807, 2.05) is 31.2 Å². The normalized spacial score (nSPS) is 34.9. The summed E-state index contributed by atoms with van der Waals surface area (Å²) >= 11 is 0. The van der Waals surface area contributed by atoms with Crippen molar-refractivity contribution in [3.8, 4) is 5.75 Å². The van der Waals surface area contributed by atoms with Crippen molar-refractivity contribution >= 4 is 23.4 Å². The van der Waals surface area contributed by atoms with E-state index in [2.05, 4.69) is 5.32 Å². The Kier molecular flexibility index (Phi) is 5.03. The van der Waals surface area contributed by atoms with Gasteiger partial charge in [0.2, 0.25) is 17.7 Å². The van der Waals surface area contributed by atoms with Crippen molar-refractivity contribution in [3.05, 3.63) is 24.3 Å². The molecule has 0 unspecified atom stereocenters. The van der Waals surface area contributed by atoms with Crippen LogP contribution >= 0.6 is 0 Å². The number of likely N-dealkylation sites (tertiary alicyclic amines) is 1. The Hall–Kier alpha value is -2.37. The van der Waals surface area contributed by atoms with E-state index in [0.29, 0.717) is 31.3 Å². The number of ether oxygens (including phenoxy) is 1. The van der Waals surface area contributed by atoms with Gasteiger partial charge in [0.05, 0.1) is 18.4 Å². The van der Waals surface area contributed by atoms with Crippen LogP contribution in [0.2, 0.25) is 0 Å². The zero-order valence-electron chi connectivity index (χ0n) is 17.5. The number of anilines is 1. The number of hydrogen-bond donors (Lipinski definition) is 1. The first-order valence-electron chi connectivity index (χ1n) is 11.5. The molecule has 4 atom stereocenters. The zero-order valence-corrected chi connectivity index (χ0v) is 17.5. The Balaban J connectivity index is 1.17. The predicted molar refractivity (Wildman–Crippen MR) is 112 cm³/mol. The molecule has 1 aromatic rings. The standard InChI is InChI=1S/C24H30N2O4/c1-2-30-19-11-7-17(8-12-19)25-22(27)14-5-9-18(10-6-14)26-23(28)20-15-3-4-16(13-15)21(20)24(26)29/h7-8,11-12,14-16,18,20-21H,2-6,9-10,13H2,1H3,(H,25,27)/t14?,15-,16-,18?,20-,21+/m1/s1. The topological polar surface area (TPSA) is 75.7 Å². The predicted octanol–water partition coefficient (Wildman–Crippen LogP) is 3.61. The van der Waals surface area contributed by atoms with Crippen LogP contribution in [0.4, 0.5) is 5.69 Å². The molecule has 3 amide bonds. The highest BCUT2D eigenvalue weighted by Gasteiger charge is 2.61. The molecule has 0 spiro atoms. The van der Waals surface area contributed by atoms with E-state index in [0.717, 1.165) is 43.5 Å². The summed E-state index contributed by atoms with van der Waals surface area (Å²) in [7, 11) is 0. The van der Waals surface area contributed by atoms with Gasteiger partial charge in [-0.15, -0.1) is 0 Å². The summed E-state index contributed by atoms with van der Waals surface area (Å²) in [4.78, 5) is 40.4. The van der Waals surface area contributed by atoms with Gasteiger partial charge >= 0.3 is 0 Å². The molecule has 0 aromatic heterocycles. The minimum Gasteiger partial charge on any atom is -0.494 e. The second kappa shape index (κ2) is 7.71. The lowest BCUT2D eigenvalue weighted by Crippen LogP contribution is -2.44. The Morgan fingerprint density at radius 2 is 1.57 bits per heavy atom. The number of hydrogen-bond acceptors (Lipinski definition) is 4. The van der Waals surface area contributed by atoms with Crippen molar-refractivity contribution in [1.29, 1.82) is 0 Å². The molecule has 6 heteroatoms. The molecule has 1 saturated heterocycles. The lowest BCUT2D eigenvalue weighted by Gasteiger charge is -2.33. The molecule has 1 aliphatic heterocycles. The molecule has 1 N–H and O–H groups in total. The molecule has 2 bridgehead atoms. The second-order valence-corrected chi connectivity index (χ2v) is 9.38. The van der Waals surface area contributed by atoms with Crippen molar-refractivity contribution in [1.82, 2.24) is 4.90 Å². The average molecular weight is 411 g/mol. The summed E-state index contributed by atoms with van der Waals surface area (Å²) in [5.41, 5.74) is 0.763. The first kappa shape index (κ1) is 19.6. The number of nitrogens with zero attached hydrogens (tertiary/aromatic N) is 1. The van der Waals surface area contributed by atoms with Crippen molar-refractivity contribution in [2.75, 3.05) is 11.9 Å². The average Bonchev–Trinajstić information content (AvgIpc) is 3.44. The number of nitrogens with one attached hydrogen (secondary N) is 1. The van der Waals surface area contributed by atoms with E-state index < -0.39 is 0 Å². The van der Waals surface area contributed by atoms with E-state index in [1.54, 1.807) is 4.90 Å². The third-order valence-electron chi connectivity index (χ3n) is 7.83. The summed E-state index contributed by atoms with van der Waals surface area (Å²) < 4.78 is 5.43. The van der Waals surface area contributed by atoms with Crippen LogP contribution in [0.25, 0.3) is 0 Å². The number of fused-ring (bicyclic) bond motifs is 5. The molecular weight excluding hydrogens is 380 g/mol. The lowest BCUT2D eigenvalue weighted by atomic mass is 9.81. The molecule has 4 fully saturated rings. The number of benzene rings is 1. The molecule has 1 aromatic carbocycles. The second-order valence-electron chi connectivity index (χ2n) is 9.38. The van der Waals surface area contributed by atoms with E-state index in [9.17, 15) is 14.4 Å². The maximum atomic E-state index is 13.0. The molecule has 30 heavy (non-hydrogen) atoms. The minimum atomic E-state index is -0.0729. The summed E-state index contributed by atoms with van der Waals surface area (Å²) in [5, 5.41) is 2.99. The van der Waals surface area contributed by atoms with Crippen LogP contribution < -0.4 is 10.1 Å². The Morgan fingerprint density at radius 1 is 0.967 bits per heavy atom. The van der Waals surface area contributed by atoms with Crippen LogP contribution in [0, 0.1) is 29.6 Å². The Morgan fingerprint density at radius 3 is 2.13 bits per heavy atom. The molecule has 5 rings (SSSR count). The molecule has 1 heterocycles. The van der Waals surface area contributed by atoms with E-state index in [4.69, 9.17) is 4.74 Å². The van der Waals surface area contributed by atoms with Crippen LogP contribution in [0.15, 0.2) is 24.3 Å². The smallest absolute Gasteiger partial charge is 0.233 e. The van der Waals surface area contributed by atoms with Crippen LogP contribution in [0.5, 0.6) is 5.75 Å². The summed E-state index contributed by atoms with van der Waals surface area (Å²) in [6, 6.07) is 7.38. The fraction of sp³-hybridized carbons (Fsp3) is 0.625. The van der Waals surface area contributed by atoms with Gasteiger partial charge in [-0.1, -0.05) is 0 Å². The number of rotatable bonds is 5. The quantitative estimate of drug-likeness (QED) is 0.753. The Labute approximate surface area is 177 Å². The Bertz CT molecular complexity index is 815. The van der Waals surface area contributed by atoms with Crippen LogP contribution in [-0.4, -0.2) is 35.3 Å². The molecule has 4 aliphatic rings. The molecule has 6 nitrogen and oxygen atoms in total. The molecule has 3 saturated carbocycles. The van der Waals surface area contributed by atoms with Crippen LogP contribution in [0.1, 0.15) is 51.9 Å². The van der Waals surface area contributed by atoms with Gasteiger partial charge in [-0.25, -0.2) is 0 Å². The SMILES string of the molecule is CCOc1ccc(NC(=O)C2CCC(N3C(=O)[C@@H]4[C@@H]5CC[C@H](C5)[C@@H]4C3=O)CC2)cc1. The number of amides is 3. The number of imide groups is 1. The van der Waals surface area contributed by atoms with Gasteiger partial charge in [-0.05, 0) is 88.0 Å². The fourth-order valence-corrected chi connectivity index (χ4v) is 6.43. The number of carbonyl (C=O) groups excluding carboxylic acids is 3. The lowest BCUT2D eigenvalue weighted by molar-refractivity contribution is -0.144. The molecular formula is C24H30N2O4. The van der Waals surface area contributed by atoms with Gasteiger partial charge in [0.25, 0.3) is 0 Å².